The van der Waals surface area contributed by atoms with Crippen molar-refractivity contribution in [3.05, 3.63) is 47.5 Å². The Balaban J connectivity index is 2.78. The number of amides is 1. The van der Waals surface area contributed by atoms with E-state index >= 15 is 0 Å². The molecule has 0 aliphatic heterocycles. The first kappa shape index (κ1) is 25.2. The van der Waals surface area contributed by atoms with Crippen LogP contribution in [0.25, 0.3) is 11.1 Å². The van der Waals surface area contributed by atoms with Crippen LogP contribution in [0.4, 0.5) is 36.4 Å². The number of rotatable bonds is 6. The molecule has 0 fully saturated rings. The van der Waals surface area contributed by atoms with Crippen molar-refractivity contribution in [2.45, 2.75) is 29.2 Å². The minimum absolute atomic E-state index is 0.0118. The highest BCUT2D eigenvalue weighted by Gasteiger charge is 2.76. The summed E-state index contributed by atoms with van der Waals surface area (Å²) in [4.78, 5) is 25.2. The van der Waals surface area contributed by atoms with E-state index in [0.29, 0.717) is 6.07 Å². The van der Waals surface area contributed by atoms with E-state index in [1.165, 1.54) is 32.2 Å². The highest BCUT2D eigenvalue weighted by atomic mass is 32.2. The molecule has 1 atom stereocenters. The van der Waals surface area contributed by atoms with Gasteiger partial charge in [-0.15, -0.1) is 0 Å². The summed E-state index contributed by atoms with van der Waals surface area (Å²) in [5.74, 6) is -7.20. The first-order valence-corrected chi connectivity index (χ1v) is 9.64. The monoisotopic (exact) mass is 482 g/mol. The second kappa shape index (κ2) is 8.83. The lowest BCUT2D eigenvalue weighted by Crippen LogP contribution is -2.54. The third-order valence-electron chi connectivity index (χ3n) is 4.39. The Hall–Kier alpha value is -3.05. The molecule has 0 saturated carbocycles. The lowest BCUT2D eigenvalue weighted by atomic mass is 9.96. The van der Waals surface area contributed by atoms with Crippen LogP contribution < -0.4 is 5.32 Å². The number of carbonyl (C=O) groups excluding carboxylic acids is 2. The molecule has 1 unspecified atom stereocenters. The molecule has 0 spiro atoms. The quantitative estimate of drug-likeness (QED) is 0.362. The molecular formula is C19H13F7N2O3S. The Labute approximate surface area is 178 Å². The maximum Gasteiger partial charge on any atom is 0.461 e. The zero-order valence-corrected chi connectivity index (χ0v) is 17.0. The number of hydrogen-bond acceptors (Lipinski definition) is 4. The maximum atomic E-state index is 14.1. The second-order valence-corrected chi connectivity index (χ2v) is 7.76. The molecule has 172 valence electrons. The Kier molecular flexibility index (Phi) is 6.96. The number of benzene rings is 2. The summed E-state index contributed by atoms with van der Waals surface area (Å²) in [6.07, 6.45) is -5.47. The normalized spacial score (nSPS) is 13.3. The van der Waals surface area contributed by atoms with Crippen LogP contribution in [0, 0.1) is 6.92 Å². The molecule has 5 nitrogen and oxygen atoms in total. The topological polar surface area (TPSA) is 75.6 Å². The Morgan fingerprint density at radius 1 is 1.00 bits per heavy atom. The van der Waals surface area contributed by atoms with E-state index in [9.17, 15) is 44.5 Å². The van der Waals surface area contributed by atoms with Crippen molar-refractivity contribution in [3.63, 3.8) is 0 Å². The molecule has 0 aliphatic carbocycles. The summed E-state index contributed by atoms with van der Waals surface area (Å²) < 4.78 is 105. The summed E-state index contributed by atoms with van der Waals surface area (Å²) in [6, 6.07) is 6.22. The van der Waals surface area contributed by atoms with Crippen molar-refractivity contribution in [1.82, 2.24) is 5.32 Å². The van der Waals surface area contributed by atoms with Crippen LogP contribution in [-0.2, 0) is 15.6 Å². The number of halogens is 7. The fourth-order valence-electron chi connectivity index (χ4n) is 2.76. The molecule has 13 heteroatoms. The van der Waals surface area contributed by atoms with Gasteiger partial charge in [0, 0.05) is 23.7 Å². The van der Waals surface area contributed by atoms with E-state index in [4.69, 9.17) is 0 Å². The van der Waals surface area contributed by atoms with E-state index in [2.05, 4.69) is 10.3 Å². The minimum atomic E-state index is -6.67. The fraction of sp³-hybridized carbons (Fsp3) is 0.263. The van der Waals surface area contributed by atoms with Crippen LogP contribution in [0.5, 0.6) is 0 Å². The number of carbonyl (C=O) groups is 1. The number of isocyanates is 1. The van der Waals surface area contributed by atoms with Crippen molar-refractivity contribution in [1.29, 1.82) is 0 Å². The molecule has 1 N–H and O–H groups in total. The van der Waals surface area contributed by atoms with Crippen molar-refractivity contribution in [2.24, 2.45) is 4.99 Å². The summed E-state index contributed by atoms with van der Waals surface area (Å²) in [7, 11) is -2.87. The molecule has 0 saturated heterocycles. The molecule has 0 aliphatic rings. The van der Waals surface area contributed by atoms with Gasteiger partial charge in [0.15, 0.2) is 0 Å². The lowest BCUT2D eigenvalue weighted by Gasteiger charge is -2.28. The summed E-state index contributed by atoms with van der Waals surface area (Å²) in [5.41, 5.74) is -0.898. The van der Waals surface area contributed by atoms with Crippen LogP contribution in [0.1, 0.15) is 15.9 Å². The van der Waals surface area contributed by atoms with Crippen molar-refractivity contribution in [3.8, 4) is 11.1 Å². The number of hydrogen-bond donors (Lipinski definition) is 1. The van der Waals surface area contributed by atoms with Gasteiger partial charge in [-0.3, -0.25) is 4.79 Å². The van der Waals surface area contributed by atoms with Crippen LogP contribution in [0.2, 0.25) is 0 Å². The summed E-state index contributed by atoms with van der Waals surface area (Å²) >= 11 is 0. The molecule has 2 aromatic rings. The predicted octanol–water partition coefficient (Wildman–Crippen LogP) is 4.89. The first-order valence-electron chi connectivity index (χ1n) is 8.49. The van der Waals surface area contributed by atoms with Gasteiger partial charge in [0.1, 0.15) is 10.8 Å². The second-order valence-electron chi connectivity index (χ2n) is 6.27. The number of aliphatic imine (C=N–C) groups is 1. The predicted molar refractivity (Wildman–Crippen MR) is 100 cm³/mol. The van der Waals surface area contributed by atoms with Gasteiger partial charge >= 0.3 is 17.4 Å². The highest BCUT2D eigenvalue weighted by molar-refractivity contribution is 7.86. The van der Waals surface area contributed by atoms with E-state index in [1.807, 2.05) is 0 Å². The zero-order chi connectivity index (χ0) is 24.5. The molecule has 2 aromatic carbocycles. The number of alkyl halides is 7. The van der Waals surface area contributed by atoms with Crippen molar-refractivity contribution in [2.75, 3.05) is 7.05 Å². The highest BCUT2D eigenvalue weighted by Crippen LogP contribution is 2.50. The van der Waals surface area contributed by atoms with Gasteiger partial charge in [0.05, 0.1) is 10.6 Å². The van der Waals surface area contributed by atoms with Crippen LogP contribution in [0.15, 0.2) is 46.3 Å². The lowest BCUT2D eigenvalue weighted by molar-refractivity contribution is -0.331. The van der Waals surface area contributed by atoms with Gasteiger partial charge in [-0.05, 0) is 24.6 Å². The summed E-state index contributed by atoms with van der Waals surface area (Å²) in [6.45, 7) is 1.33. The molecule has 0 aromatic heterocycles. The SMILES string of the molecule is CNC(=O)c1ccc(-c2ccccc2S(=O)C(F)(F)C(F)(F)C(F)(F)F)c(N=C=O)c1C. The standard InChI is InChI=1S/C19H13F7N2O3S/c1-10-11(16(30)27-2)7-8-13(15(10)28-9-29)12-5-3-4-6-14(12)32(31)19(25,26)17(20,21)18(22,23)24/h3-8H,1-2H3,(H,27,30). The van der Waals surface area contributed by atoms with Gasteiger partial charge in [-0.2, -0.15) is 35.7 Å². The fourth-order valence-corrected chi connectivity index (χ4v) is 3.96. The Morgan fingerprint density at radius 2 is 1.59 bits per heavy atom. The minimum Gasteiger partial charge on any atom is -0.355 e. The molecule has 0 radical (unpaired) electrons. The zero-order valence-electron chi connectivity index (χ0n) is 16.2. The third-order valence-corrected chi connectivity index (χ3v) is 5.87. The van der Waals surface area contributed by atoms with Gasteiger partial charge in [0.2, 0.25) is 6.08 Å². The van der Waals surface area contributed by atoms with Gasteiger partial charge < -0.3 is 5.32 Å². The van der Waals surface area contributed by atoms with E-state index in [0.717, 1.165) is 18.2 Å². The van der Waals surface area contributed by atoms with Crippen molar-refractivity contribution >= 4 is 28.5 Å². The molecule has 1 amide bonds. The number of nitrogens with zero attached hydrogens (tertiary/aromatic N) is 1. The Morgan fingerprint density at radius 3 is 2.12 bits per heavy atom. The molecule has 0 heterocycles. The van der Waals surface area contributed by atoms with Gasteiger partial charge in [-0.1, -0.05) is 24.3 Å². The van der Waals surface area contributed by atoms with E-state index in [1.54, 1.807) is 0 Å². The Bertz CT molecular complexity index is 1130. The van der Waals surface area contributed by atoms with Crippen molar-refractivity contribution < 1.29 is 44.5 Å². The van der Waals surface area contributed by atoms with Gasteiger partial charge in [-0.25, -0.2) is 9.00 Å². The average Bonchev–Trinajstić information content (AvgIpc) is 2.73. The average molecular weight is 482 g/mol. The third kappa shape index (κ3) is 4.17. The van der Waals surface area contributed by atoms with E-state index in [-0.39, 0.29) is 22.4 Å². The molecule has 0 bridgehead atoms. The van der Waals surface area contributed by atoms with E-state index < -0.39 is 44.5 Å². The molecule has 32 heavy (non-hydrogen) atoms. The smallest absolute Gasteiger partial charge is 0.355 e. The van der Waals surface area contributed by atoms with Crippen LogP contribution >= 0.6 is 0 Å². The maximum absolute atomic E-state index is 14.1. The largest absolute Gasteiger partial charge is 0.461 e. The molecule has 2 rings (SSSR count). The number of nitrogens with one attached hydrogen (secondary N) is 1. The van der Waals surface area contributed by atoms with Gasteiger partial charge in [0.25, 0.3) is 5.91 Å². The molecular weight excluding hydrogens is 469 g/mol. The summed E-state index contributed by atoms with van der Waals surface area (Å²) in [5, 5.41) is -3.71. The van der Waals surface area contributed by atoms with Crippen LogP contribution in [-0.4, -0.2) is 40.6 Å². The van der Waals surface area contributed by atoms with Crippen LogP contribution in [0.3, 0.4) is 0 Å². The first-order chi connectivity index (χ1) is 14.7.